The van der Waals surface area contributed by atoms with Crippen LogP contribution in [0.15, 0.2) is 30.3 Å². The molecule has 2 rings (SSSR count). The van der Waals surface area contributed by atoms with E-state index < -0.39 is 4.92 Å². The van der Waals surface area contributed by atoms with Crippen LogP contribution < -0.4 is 5.32 Å². The average molecular weight is 288 g/mol. The highest BCUT2D eigenvalue weighted by molar-refractivity contribution is 5.62. The van der Waals surface area contributed by atoms with Crippen LogP contribution >= 0.6 is 0 Å². The average Bonchev–Trinajstić information content (AvgIpc) is 2.42. The second kappa shape index (κ2) is 5.91. The van der Waals surface area contributed by atoms with Crippen LogP contribution in [0.4, 0.5) is 15.8 Å². The van der Waals surface area contributed by atoms with E-state index in [1.165, 1.54) is 6.07 Å². The number of nitro groups is 1. The minimum absolute atomic E-state index is 0.0381. The first kappa shape index (κ1) is 15.0. The lowest BCUT2D eigenvalue weighted by Gasteiger charge is -2.10. The first-order chi connectivity index (χ1) is 9.88. The van der Waals surface area contributed by atoms with Crippen molar-refractivity contribution in [2.75, 3.05) is 5.32 Å². The topological polar surface area (TPSA) is 55.2 Å². The van der Waals surface area contributed by atoms with E-state index in [9.17, 15) is 14.5 Å². The molecule has 0 aliphatic heterocycles. The monoisotopic (exact) mass is 288 g/mol. The zero-order valence-corrected chi connectivity index (χ0v) is 12.2. The third-order valence-corrected chi connectivity index (χ3v) is 3.33. The Morgan fingerprint density at radius 2 is 1.76 bits per heavy atom. The molecule has 2 aromatic rings. The van der Waals surface area contributed by atoms with E-state index in [0.29, 0.717) is 23.4 Å². The van der Waals surface area contributed by atoms with Gasteiger partial charge in [0.2, 0.25) is 0 Å². The van der Waals surface area contributed by atoms with E-state index in [0.717, 1.165) is 11.1 Å². The molecule has 21 heavy (non-hydrogen) atoms. The van der Waals surface area contributed by atoms with E-state index in [4.69, 9.17) is 0 Å². The molecule has 0 unspecified atom stereocenters. The maximum atomic E-state index is 13.6. The predicted molar refractivity (Wildman–Crippen MR) is 81.0 cm³/mol. The second-order valence-corrected chi connectivity index (χ2v) is 5.17. The largest absolute Gasteiger partial charge is 0.375 e. The van der Waals surface area contributed by atoms with Crippen LogP contribution in [0, 0.1) is 36.7 Å². The highest BCUT2D eigenvalue weighted by atomic mass is 19.1. The van der Waals surface area contributed by atoms with Gasteiger partial charge < -0.3 is 5.32 Å². The molecule has 0 heterocycles. The number of rotatable bonds is 4. The Hall–Kier alpha value is -2.43. The van der Waals surface area contributed by atoms with Gasteiger partial charge in [-0.05, 0) is 49.1 Å². The number of benzene rings is 2. The van der Waals surface area contributed by atoms with Crippen LogP contribution in [0.25, 0.3) is 0 Å². The molecule has 5 heteroatoms. The Labute approximate surface area is 122 Å². The minimum atomic E-state index is -0.414. The van der Waals surface area contributed by atoms with Crippen LogP contribution in [0.1, 0.15) is 22.3 Å². The van der Waals surface area contributed by atoms with E-state index >= 15 is 0 Å². The van der Waals surface area contributed by atoms with Gasteiger partial charge in [-0.2, -0.15) is 0 Å². The number of nitrogens with one attached hydrogen (secondary N) is 1. The Bertz CT molecular complexity index is 676. The van der Waals surface area contributed by atoms with Gasteiger partial charge in [-0.3, -0.25) is 10.1 Å². The Morgan fingerprint density at radius 1 is 1.14 bits per heavy atom. The van der Waals surface area contributed by atoms with E-state index in [1.54, 1.807) is 38.1 Å². The Kier molecular flexibility index (Phi) is 4.21. The van der Waals surface area contributed by atoms with Gasteiger partial charge in [0.15, 0.2) is 0 Å². The molecule has 0 fully saturated rings. The molecule has 1 N–H and O–H groups in total. The summed E-state index contributed by atoms with van der Waals surface area (Å²) in [6.45, 7) is 5.70. The van der Waals surface area contributed by atoms with E-state index in [2.05, 4.69) is 5.32 Å². The number of halogens is 1. The molecule has 0 aliphatic rings. The van der Waals surface area contributed by atoms with Gasteiger partial charge in [0.25, 0.3) is 5.69 Å². The van der Waals surface area contributed by atoms with Crippen molar-refractivity contribution in [2.45, 2.75) is 27.3 Å². The maximum absolute atomic E-state index is 13.6. The summed E-state index contributed by atoms with van der Waals surface area (Å²) in [7, 11) is 0. The van der Waals surface area contributed by atoms with Crippen molar-refractivity contribution in [3.05, 3.63) is 68.5 Å². The molecular formula is C16H17FN2O2. The quantitative estimate of drug-likeness (QED) is 0.675. The van der Waals surface area contributed by atoms with E-state index in [1.807, 2.05) is 6.92 Å². The smallest absolute Gasteiger partial charge is 0.292 e. The standard InChI is InChI=1S/C16H17FN2O2/c1-10-4-5-15(19(20)21)14(6-10)18-9-13-7-11(2)16(17)12(3)8-13/h4-8,18H,9H2,1-3H3. The summed E-state index contributed by atoms with van der Waals surface area (Å²) in [5.41, 5.74) is 3.49. The molecule has 0 atom stereocenters. The van der Waals surface area contributed by atoms with Crippen LogP contribution in [-0.4, -0.2) is 4.92 Å². The summed E-state index contributed by atoms with van der Waals surface area (Å²) in [5.74, 6) is -0.208. The van der Waals surface area contributed by atoms with Crippen molar-refractivity contribution in [3.8, 4) is 0 Å². The maximum Gasteiger partial charge on any atom is 0.292 e. The summed E-state index contributed by atoms with van der Waals surface area (Å²) >= 11 is 0. The fourth-order valence-corrected chi connectivity index (χ4v) is 2.29. The van der Waals surface area contributed by atoms with Crippen LogP contribution in [0.3, 0.4) is 0 Å². The number of hydrogen-bond acceptors (Lipinski definition) is 3. The van der Waals surface area contributed by atoms with Gasteiger partial charge in [0.05, 0.1) is 4.92 Å². The lowest BCUT2D eigenvalue weighted by Crippen LogP contribution is -2.04. The van der Waals surface area contributed by atoms with Crippen molar-refractivity contribution < 1.29 is 9.31 Å². The molecule has 0 aromatic heterocycles. The second-order valence-electron chi connectivity index (χ2n) is 5.17. The minimum Gasteiger partial charge on any atom is -0.375 e. The fourth-order valence-electron chi connectivity index (χ4n) is 2.29. The SMILES string of the molecule is Cc1ccc([N+](=O)[O-])c(NCc2cc(C)c(F)c(C)c2)c1. The van der Waals surface area contributed by atoms with Gasteiger partial charge in [-0.1, -0.05) is 18.2 Å². The first-order valence-electron chi connectivity index (χ1n) is 6.63. The normalized spacial score (nSPS) is 10.5. The number of anilines is 1. The molecule has 0 radical (unpaired) electrons. The molecular weight excluding hydrogens is 271 g/mol. The van der Waals surface area contributed by atoms with Gasteiger partial charge >= 0.3 is 0 Å². The summed E-state index contributed by atoms with van der Waals surface area (Å²) in [6.07, 6.45) is 0. The summed E-state index contributed by atoms with van der Waals surface area (Å²) in [5, 5.41) is 14.1. The molecule has 2 aromatic carbocycles. The van der Waals surface area contributed by atoms with Crippen LogP contribution in [0.5, 0.6) is 0 Å². The highest BCUT2D eigenvalue weighted by Gasteiger charge is 2.13. The highest BCUT2D eigenvalue weighted by Crippen LogP contribution is 2.26. The summed E-state index contributed by atoms with van der Waals surface area (Å²) < 4.78 is 13.6. The Morgan fingerprint density at radius 3 is 2.33 bits per heavy atom. The third kappa shape index (κ3) is 3.37. The molecule has 0 spiro atoms. The summed E-state index contributed by atoms with van der Waals surface area (Å²) in [4.78, 5) is 10.6. The van der Waals surface area contributed by atoms with Crippen molar-refractivity contribution >= 4 is 11.4 Å². The molecule has 0 aliphatic carbocycles. The van der Waals surface area contributed by atoms with Crippen molar-refractivity contribution in [3.63, 3.8) is 0 Å². The van der Waals surface area contributed by atoms with Crippen molar-refractivity contribution in [1.82, 2.24) is 0 Å². The third-order valence-electron chi connectivity index (χ3n) is 3.33. The summed E-state index contributed by atoms with van der Waals surface area (Å²) in [6, 6.07) is 8.42. The number of hydrogen-bond donors (Lipinski definition) is 1. The number of nitrogens with zero attached hydrogens (tertiary/aromatic N) is 1. The number of aryl methyl sites for hydroxylation is 3. The van der Waals surface area contributed by atoms with Gasteiger partial charge in [-0.15, -0.1) is 0 Å². The van der Waals surface area contributed by atoms with Gasteiger partial charge in [0.1, 0.15) is 11.5 Å². The molecule has 4 nitrogen and oxygen atoms in total. The zero-order valence-electron chi connectivity index (χ0n) is 12.2. The molecule has 0 saturated heterocycles. The molecule has 0 bridgehead atoms. The van der Waals surface area contributed by atoms with Gasteiger partial charge in [-0.25, -0.2) is 4.39 Å². The lowest BCUT2D eigenvalue weighted by atomic mass is 10.1. The Balaban J connectivity index is 2.24. The predicted octanol–water partition coefficient (Wildman–Crippen LogP) is 4.27. The molecule has 0 amide bonds. The van der Waals surface area contributed by atoms with E-state index in [-0.39, 0.29) is 11.5 Å². The van der Waals surface area contributed by atoms with Crippen LogP contribution in [-0.2, 0) is 6.54 Å². The van der Waals surface area contributed by atoms with Crippen molar-refractivity contribution in [2.24, 2.45) is 0 Å². The fraction of sp³-hybridized carbons (Fsp3) is 0.250. The molecule has 0 saturated carbocycles. The van der Waals surface area contributed by atoms with Gasteiger partial charge in [0, 0.05) is 12.6 Å². The lowest BCUT2D eigenvalue weighted by molar-refractivity contribution is -0.384. The van der Waals surface area contributed by atoms with Crippen molar-refractivity contribution in [1.29, 1.82) is 0 Å². The van der Waals surface area contributed by atoms with Crippen LogP contribution in [0.2, 0.25) is 0 Å². The number of nitro benzene ring substituents is 1. The first-order valence-corrected chi connectivity index (χ1v) is 6.63. The molecule has 110 valence electrons. The zero-order chi connectivity index (χ0) is 15.6.